The normalized spacial score (nSPS) is 18.2. The number of rotatable bonds is 6. The largest absolute Gasteiger partial charge is 0.493 e. The number of imidazole rings is 1. The molecule has 0 spiro atoms. The number of methoxy groups -OCH3 is 2. The lowest BCUT2D eigenvalue weighted by atomic mass is 10.1. The third-order valence-electron chi connectivity index (χ3n) is 6.11. The number of nitrogens with zero attached hydrogens (tertiary/aromatic N) is 5. The Morgan fingerprint density at radius 3 is 2.69 bits per heavy atom. The van der Waals surface area contributed by atoms with Gasteiger partial charge in [0, 0.05) is 6.54 Å². The fourth-order valence-corrected chi connectivity index (χ4v) is 4.35. The number of aliphatic imine (C=N–C) groups is 1. The van der Waals surface area contributed by atoms with E-state index < -0.39 is 0 Å². The van der Waals surface area contributed by atoms with Crippen molar-refractivity contribution in [3.63, 3.8) is 0 Å². The molecule has 0 bridgehead atoms. The summed E-state index contributed by atoms with van der Waals surface area (Å²) in [4.78, 5) is 14.4. The highest BCUT2D eigenvalue weighted by molar-refractivity contribution is 5.98. The van der Waals surface area contributed by atoms with Crippen LogP contribution in [0.3, 0.4) is 0 Å². The van der Waals surface area contributed by atoms with Crippen LogP contribution in [0, 0.1) is 5.92 Å². The van der Waals surface area contributed by atoms with Crippen LogP contribution in [0.25, 0.3) is 11.0 Å². The molecular formula is C24H30N6O2. The van der Waals surface area contributed by atoms with Crippen molar-refractivity contribution in [3.05, 3.63) is 48.0 Å². The third kappa shape index (κ3) is 3.54. The summed E-state index contributed by atoms with van der Waals surface area (Å²) in [5.74, 6) is 3.83. The molecule has 0 radical (unpaired) electrons. The minimum Gasteiger partial charge on any atom is -0.493 e. The van der Waals surface area contributed by atoms with Crippen LogP contribution >= 0.6 is 0 Å². The predicted molar refractivity (Wildman–Crippen MR) is 126 cm³/mol. The topological polar surface area (TPSA) is 67.2 Å². The maximum atomic E-state index is 5.57. The number of guanidine groups is 1. The number of aromatic nitrogens is 2. The number of benzene rings is 2. The summed E-state index contributed by atoms with van der Waals surface area (Å²) in [6.45, 7) is 6.98. The molecule has 2 aromatic carbocycles. The zero-order valence-corrected chi connectivity index (χ0v) is 19.1. The molecule has 3 heterocycles. The standard InChI is InChI=1S/C24H30N6O2/c1-16(2)11-12-28-14-25-23-27-22(17-9-10-20(31-3)21(13-17)32-4)30-19-8-6-5-7-18(19)26-24(30)29(23)15-28/h5-10,13,16,22H,11-12,14-15H2,1-4H3,(H,25,27)/t22-/m0/s1. The van der Waals surface area contributed by atoms with Gasteiger partial charge in [0.05, 0.1) is 38.6 Å². The third-order valence-corrected chi connectivity index (χ3v) is 6.11. The monoisotopic (exact) mass is 434 g/mol. The van der Waals surface area contributed by atoms with Gasteiger partial charge >= 0.3 is 0 Å². The van der Waals surface area contributed by atoms with Gasteiger partial charge in [0.2, 0.25) is 11.9 Å². The average Bonchev–Trinajstić information content (AvgIpc) is 3.21. The van der Waals surface area contributed by atoms with Crippen LogP contribution in [0.1, 0.15) is 32.0 Å². The highest BCUT2D eigenvalue weighted by Gasteiger charge is 2.36. The molecule has 5 rings (SSSR count). The molecule has 2 aliphatic heterocycles. The van der Waals surface area contributed by atoms with Crippen molar-refractivity contribution < 1.29 is 9.47 Å². The predicted octanol–water partition coefficient (Wildman–Crippen LogP) is 3.64. The van der Waals surface area contributed by atoms with E-state index in [0.29, 0.717) is 24.1 Å². The molecule has 168 valence electrons. The van der Waals surface area contributed by atoms with Gasteiger partial charge in [-0.05, 0) is 42.2 Å². The van der Waals surface area contributed by atoms with Crippen LogP contribution in [0.5, 0.6) is 11.5 Å². The van der Waals surface area contributed by atoms with Gasteiger partial charge in [0.15, 0.2) is 11.5 Å². The first-order valence-corrected chi connectivity index (χ1v) is 11.1. The van der Waals surface area contributed by atoms with E-state index in [1.807, 2.05) is 18.2 Å². The fourth-order valence-electron chi connectivity index (χ4n) is 4.35. The van der Waals surface area contributed by atoms with E-state index in [1.54, 1.807) is 14.2 Å². The highest BCUT2D eigenvalue weighted by atomic mass is 16.5. The summed E-state index contributed by atoms with van der Waals surface area (Å²) in [6.07, 6.45) is 0.992. The second kappa shape index (κ2) is 8.35. The zero-order valence-electron chi connectivity index (χ0n) is 19.1. The second-order valence-corrected chi connectivity index (χ2v) is 8.70. The van der Waals surface area contributed by atoms with Crippen molar-refractivity contribution in [3.8, 4) is 11.5 Å². The molecule has 0 unspecified atom stereocenters. The molecule has 1 N–H and O–H groups in total. The first-order chi connectivity index (χ1) is 15.6. The minimum absolute atomic E-state index is 0.158. The van der Waals surface area contributed by atoms with Gasteiger partial charge in [-0.15, -0.1) is 0 Å². The van der Waals surface area contributed by atoms with Crippen molar-refractivity contribution in [2.75, 3.05) is 39.0 Å². The van der Waals surface area contributed by atoms with E-state index in [0.717, 1.165) is 48.1 Å². The second-order valence-electron chi connectivity index (χ2n) is 8.70. The molecule has 2 aliphatic rings. The van der Waals surface area contributed by atoms with Crippen LogP contribution in [-0.4, -0.2) is 54.5 Å². The van der Waals surface area contributed by atoms with E-state index in [9.17, 15) is 0 Å². The van der Waals surface area contributed by atoms with Crippen molar-refractivity contribution in [1.29, 1.82) is 0 Å². The summed E-state index contributed by atoms with van der Waals surface area (Å²) in [7, 11) is 3.31. The van der Waals surface area contributed by atoms with Crippen molar-refractivity contribution in [2.24, 2.45) is 10.9 Å². The maximum absolute atomic E-state index is 5.57. The highest BCUT2D eigenvalue weighted by Crippen LogP contribution is 2.37. The molecule has 0 saturated carbocycles. The summed E-state index contributed by atoms with van der Waals surface area (Å²) in [5, 5.41) is 3.66. The Kier molecular flexibility index (Phi) is 5.38. The Labute approximate surface area is 188 Å². The lowest BCUT2D eigenvalue weighted by molar-refractivity contribution is 0.256. The molecule has 1 aromatic heterocycles. The summed E-state index contributed by atoms with van der Waals surface area (Å²) < 4.78 is 13.3. The van der Waals surface area contributed by atoms with Gasteiger partial charge in [-0.1, -0.05) is 32.0 Å². The Morgan fingerprint density at radius 2 is 1.91 bits per heavy atom. The van der Waals surface area contributed by atoms with Gasteiger partial charge in [-0.3, -0.25) is 14.4 Å². The fraction of sp³-hybridized carbons (Fsp3) is 0.417. The lowest BCUT2D eigenvalue weighted by Crippen LogP contribution is -2.57. The van der Waals surface area contributed by atoms with Crippen molar-refractivity contribution in [2.45, 2.75) is 26.4 Å². The van der Waals surface area contributed by atoms with E-state index >= 15 is 0 Å². The van der Waals surface area contributed by atoms with Gasteiger partial charge in [0.25, 0.3) is 0 Å². The smallest absolute Gasteiger partial charge is 0.216 e. The van der Waals surface area contributed by atoms with E-state index in [4.69, 9.17) is 19.5 Å². The molecule has 32 heavy (non-hydrogen) atoms. The van der Waals surface area contributed by atoms with Crippen LogP contribution in [0.15, 0.2) is 47.5 Å². The minimum atomic E-state index is -0.158. The Morgan fingerprint density at radius 1 is 1.09 bits per heavy atom. The van der Waals surface area contributed by atoms with Gasteiger partial charge in [0.1, 0.15) is 6.17 Å². The summed E-state index contributed by atoms with van der Waals surface area (Å²) in [5.41, 5.74) is 3.10. The SMILES string of the molecule is COc1ccc([C@H]2NC3=NCN(CCC(C)C)CN3c3nc4ccccc4n32)cc1OC. The Balaban J connectivity index is 1.58. The first-order valence-electron chi connectivity index (χ1n) is 11.1. The van der Waals surface area contributed by atoms with Crippen molar-refractivity contribution >= 4 is 22.9 Å². The molecule has 0 fully saturated rings. The van der Waals surface area contributed by atoms with Crippen LogP contribution in [-0.2, 0) is 0 Å². The molecule has 1 atom stereocenters. The van der Waals surface area contributed by atoms with Gasteiger partial charge in [-0.2, -0.15) is 0 Å². The lowest BCUT2D eigenvalue weighted by Gasteiger charge is -2.42. The molecule has 0 aliphatic carbocycles. The number of fused-ring (bicyclic) bond motifs is 5. The number of ether oxygens (including phenoxy) is 2. The molecule has 0 amide bonds. The number of hydrogen-bond donors (Lipinski definition) is 1. The van der Waals surface area contributed by atoms with Crippen LogP contribution in [0.4, 0.5) is 5.95 Å². The molecule has 8 heteroatoms. The quantitative estimate of drug-likeness (QED) is 0.639. The van der Waals surface area contributed by atoms with E-state index in [2.05, 4.69) is 57.8 Å². The van der Waals surface area contributed by atoms with E-state index in [-0.39, 0.29) is 6.17 Å². The Hall–Kier alpha value is -3.26. The van der Waals surface area contributed by atoms with Crippen LogP contribution in [0.2, 0.25) is 0 Å². The van der Waals surface area contributed by atoms with Gasteiger partial charge < -0.3 is 14.8 Å². The number of hydrogen-bond acceptors (Lipinski definition) is 7. The van der Waals surface area contributed by atoms with Crippen molar-refractivity contribution in [1.82, 2.24) is 19.8 Å². The number of para-hydroxylation sites is 2. The molecule has 8 nitrogen and oxygen atoms in total. The first kappa shape index (κ1) is 20.6. The summed E-state index contributed by atoms with van der Waals surface area (Å²) >= 11 is 0. The zero-order chi connectivity index (χ0) is 22.2. The van der Waals surface area contributed by atoms with Gasteiger partial charge in [-0.25, -0.2) is 9.98 Å². The summed E-state index contributed by atoms with van der Waals surface area (Å²) in [6, 6.07) is 14.3. The maximum Gasteiger partial charge on any atom is 0.216 e. The Bertz CT molecular complexity index is 1150. The van der Waals surface area contributed by atoms with Crippen LogP contribution < -0.4 is 19.7 Å². The van der Waals surface area contributed by atoms with E-state index in [1.165, 1.54) is 0 Å². The number of anilines is 1. The molecular weight excluding hydrogens is 404 g/mol. The average molecular weight is 435 g/mol. The number of nitrogens with one attached hydrogen (secondary N) is 1. The molecule has 3 aromatic rings. The molecule has 0 saturated heterocycles.